The van der Waals surface area contributed by atoms with Gasteiger partial charge in [0.05, 0.1) is 0 Å². The normalized spacial score (nSPS) is 25.6. The summed E-state index contributed by atoms with van der Waals surface area (Å²) in [5, 5.41) is 4.33. The molecular formula is C13H19ClN2. The Morgan fingerprint density at radius 2 is 1.88 bits per heavy atom. The van der Waals surface area contributed by atoms with E-state index in [0.717, 1.165) is 18.0 Å². The quantitative estimate of drug-likeness (QED) is 0.850. The third-order valence-electron chi connectivity index (χ3n) is 3.30. The molecule has 1 aliphatic carbocycles. The zero-order chi connectivity index (χ0) is 11.4. The lowest BCUT2D eigenvalue weighted by molar-refractivity contribution is 0.326. The summed E-state index contributed by atoms with van der Waals surface area (Å²) in [5.74, 6) is 0. The van der Waals surface area contributed by atoms with Crippen molar-refractivity contribution in [3.05, 3.63) is 34.9 Å². The van der Waals surface area contributed by atoms with Gasteiger partial charge >= 0.3 is 0 Å². The first-order valence-electron chi connectivity index (χ1n) is 5.99. The van der Waals surface area contributed by atoms with E-state index in [-0.39, 0.29) is 0 Å². The molecule has 3 N–H and O–H groups in total. The van der Waals surface area contributed by atoms with Gasteiger partial charge in [-0.3, -0.25) is 0 Å². The average molecular weight is 239 g/mol. The van der Waals surface area contributed by atoms with Crippen molar-refractivity contribution in [2.24, 2.45) is 5.73 Å². The SMILES string of the molecule is N[C@@H]1CCCC[C@H]1NCc1ccc(Cl)cc1. The second-order valence-electron chi connectivity index (χ2n) is 4.56. The smallest absolute Gasteiger partial charge is 0.0406 e. The Labute approximate surface area is 102 Å². The monoisotopic (exact) mass is 238 g/mol. The predicted octanol–water partition coefficient (Wildman–Crippen LogP) is 2.70. The Bertz CT molecular complexity index is 323. The van der Waals surface area contributed by atoms with Gasteiger partial charge in [0.1, 0.15) is 0 Å². The minimum atomic E-state index is 0.320. The average Bonchev–Trinajstić information content (AvgIpc) is 2.30. The van der Waals surface area contributed by atoms with Crippen LogP contribution in [0.3, 0.4) is 0 Å². The first-order valence-corrected chi connectivity index (χ1v) is 6.37. The predicted molar refractivity (Wildman–Crippen MR) is 68.5 cm³/mol. The van der Waals surface area contributed by atoms with Gasteiger partial charge in [0.15, 0.2) is 0 Å². The second-order valence-corrected chi connectivity index (χ2v) is 5.00. The van der Waals surface area contributed by atoms with E-state index in [1.807, 2.05) is 12.1 Å². The molecule has 0 unspecified atom stereocenters. The van der Waals surface area contributed by atoms with E-state index in [1.54, 1.807) is 0 Å². The minimum Gasteiger partial charge on any atom is -0.326 e. The lowest BCUT2D eigenvalue weighted by atomic mass is 9.91. The maximum absolute atomic E-state index is 6.08. The lowest BCUT2D eigenvalue weighted by Gasteiger charge is -2.29. The molecule has 1 aliphatic rings. The van der Waals surface area contributed by atoms with Gasteiger partial charge in [-0.2, -0.15) is 0 Å². The molecule has 16 heavy (non-hydrogen) atoms. The molecule has 0 amide bonds. The van der Waals surface area contributed by atoms with Crippen molar-refractivity contribution in [3.8, 4) is 0 Å². The molecule has 0 heterocycles. The van der Waals surface area contributed by atoms with Crippen LogP contribution >= 0.6 is 11.6 Å². The molecule has 1 saturated carbocycles. The van der Waals surface area contributed by atoms with Gasteiger partial charge in [-0.1, -0.05) is 36.6 Å². The summed E-state index contributed by atoms with van der Waals surface area (Å²) >= 11 is 5.84. The Morgan fingerprint density at radius 1 is 1.19 bits per heavy atom. The summed E-state index contributed by atoms with van der Waals surface area (Å²) in [6.07, 6.45) is 4.93. The molecular weight excluding hydrogens is 220 g/mol. The standard InChI is InChI=1S/C13H19ClN2/c14-11-7-5-10(6-8-11)9-16-13-4-2-1-3-12(13)15/h5-8,12-13,16H,1-4,9,15H2/t12-,13-/m1/s1. The highest BCUT2D eigenvalue weighted by Gasteiger charge is 2.20. The summed E-state index contributed by atoms with van der Waals surface area (Å²) < 4.78 is 0. The molecule has 3 heteroatoms. The van der Waals surface area contributed by atoms with Crippen LogP contribution in [-0.2, 0) is 6.54 Å². The van der Waals surface area contributed by atoms with E-state index in [4.69, 9.17) is 17.3 Å². The Kier molecular flexibility index (Phi) is 4.22. The molecule has 88 valence electrons. The summed E-state index contributed by atoms with van der Waals surface area (Å²) in [6, 6.07) is 8.78. The maximum Gasteiger partial charge on any atom is 0.0406 e. The van der Waals surface area contributed by atoms with E-state index < -0.39 is 0 Å². The van der Waals surface area contributed by atoms with E-state index in [1.165, 1.54) is 24.8 Å². The van der Waals surface area contributed by atoms with E-state index in [9.17, 15) is 0 Å². The lowest BCUT2D eigenvalue weighted by Crippen LogP contribution is -2.46. The van der Waals surface area contributed by atoms with Gasteiger partial charge in [0, 0.05) is 23.7 Å². The fraction of sp³-hybridized carbons (Fsp3) is 0.538. The van der Waals surface area contributed by atoms with Crippen LogP contribution in [-0.4, -0.2) is 12.1 Å². The molecule has 2 atom stereocenters. The molecule has 0 saturated heterocycles. The van der Waals surface area contributed by atoms with Crippen LogP contribution in [0.5, 0.6) is 0 Å². The van der Waals surface area contributed by atoms with Crippen molar-refractivity contribution in [1.82, 2.24) is 5.32 Å². The molecule has 1 fully saturated rings. The Hall–Kier alpha value is -0.570. The van der Waals surface area contributed by atoms with Gasteiger partial charge in [0.2, 0.25) is 0 Å². The minimum absolute atomic E-state index is 0.320. The zero-order valence-electron chi connectivity index (χ0n) is 9.45. The largest absolute Gasteiger partial charge is 0.326 e. The van der Waals surface area contributed by atoms with Gasteiger partial charge < -0.3 is 11.1 Å². The van der Waals surface area contributed by atoms with Crippen molar-refractivity contribution in [2.45, 2.75) is 44.3 Å². The zero-order valence-corrected chi connectivity index (χ0v) is 10.2. The maximum atomic E-state index is 6.08. The number of nitrogens with one attached hydrogen (secondary N) is 1. The van der Waals surface area contributed by atoms with Crippen molar-refractivity contribution >= 4 is 11.6 Å². The second kappa shape index (κ2) is 5.67. The van der Waals surface area contributed by atoms with Crippen molar-refractivity contribution in [1.29, 1.82) is 0 Å². The summed E-state index contributed by atoms with van der Waals surface area (Å²) in [5.41, 5.74) is 7.35. The number of benzene rings is 1. The van der Waals surface area contributed by atoms with E-state index in [0.29, 0.717) is 12.1 Å². The number of rotatable bonds is 3. The van der Waals surface area contributed by atoms with Crippen LogP contribution in [0, 0.1) is 0 Å². The van der Waals surface area contributed by atoms with Crippen LogP contribution < -0.4 is 11.1 Å². The highest BCUT2D eigenvalue weighted by Crippen LogP contribution is 2.17. The summed E-state index contributed by atoms with van der Waals surface area (Å²) in [7, 11) is 0. The molecule has 0 aromatic heterocycles. The summed E-state index contributed by atoms with van der Waals surface area (Å²) in [4.78, 5) is 0. The van der Waals surface area contributed by atoms with Gasteiger partial charge in [-0.05, 0) is 30.5 Å². The van der Waals surface area contributed by atoms with Gasteiger partial charge in [-0.15, -0.1) is 0 Å². The van der Waals surface area contributed by atoms with Gasteiger partial charge in [0.25, 0.3) is 0 Å². The van der Waals surface area contributed by atoms with Crippen LogP contribution in [0.25, 0.3) is 0 Å². The molecule has 0 spiro atoms. The first-order chi connectivity index (χ1) is 7.75. The molecule has 2 rings (SSSR count). The third-order valence-corrected chi connectivity index (χ3v) is 3.55. The fourth-order valence-electron chi connectivity index (χ4n) is 2.26. The molecule has 0 aliphatic heterocycles. The summed E-state index contributed by atoms with van der Waals surface area (Å²) in [6.45, 7) is 0.884. The highest BCUT2D eigenvalue weighted by atomic mass is 35.5. The van der Waals surface area contributed by atoms with E-state index in [2.05, 4.69) is 17.4 Å². The molecule has 1 aromatic carbocycles. The number of halogens is 1. The molecule has 2 nitrogen and oxygen atoms in total. The topological polar surface area (TPSA) is 38.0 Å². The van der Waals surface area contributed by atoms with E-state index >= 15 is 0 Å². The van der Waals surface area contributed by atoms with Crippen LogP contribution in [0.4, 0.5) is 0 Å². The number of hydrogen-bond acceptors (Lipinski definition) is 2. The van der Waals surface area contributed by atoms with Crippen molar-refractivity contribution in [2.75, 3.05) is 0 Å². The fourth-order valence-corrected chi connectivity index (χ4v) is 2.39. The van der Waals surface area contributed by atoms with Crippen LogP contribution in [0.1, 0.15) is 31.2 Å². The molecule has 0 radical (unpaired) electrons. The highest BCUT2D eigenvalue weighted by molar-refractivity contribution is 6.30. The first kappa shape index (κ1) is 11.9. The Balaban J connectivity index is 1.84. The molecule has 0 bridgehead atoms. The Morgan fingerprint density at radius 3 is 2.56 bits per heavy atom. The van der Waals surface area contributed by atoms with Crippen LogP contribution in [0.2, 0.25) is 5.02 Å². The third kappa shape index (κ3) is 3.21. The van der Waals surface area contributed by atoms with Crippen molar-refractivity contribution in [3.63, 3.8) is 0 Å². The number of hydrogen-bond donors (Lipinski definition) is 2. The molecule has 1 aromatic rings. The number of nitrogens with two attached hydrogens (primary N) is 1. The van der Waals surface area contributed by atoms with Crippen molar-refractivity contribution < 1.29 is 0 Å². The van der Waals surface area contributed by atoms with Crippen LogP contribution in [0.15, 0.2) is 24.3 Å². The van der Waals surface area contributed by atoms with Gasteiger partial charge in [-0.25, -0.2) is 0 Å².